The molecule has 0 aliphatic heterocycles. The summed E-state index contributed by atoms with van der Waals surface area (Å²) in [6.07, 6.45) is 0. The molecule has 0 aliphatic carbocycles. The van der Waals surface area contributed by atoms with Gasteiger partial charge in [-0.2, -0.15) is 0 Å². The third-order valence-corrected chi connectivity index (χ3v) is 2.22. The Morgan fingerprint density at radius 1 is 1.24 bits per heavy atom. The average Bonchev–Trinajstić information content (AvgIpc) is 2.20. The number of carboxylic acid groups (broad SMARTS) is 1. The van der Waals surface area contributed by atoms with Crippen molar-refractivity contribution >= 4 is 12.0 Å². The predicted molar refractivity (Wildman–Crippen MR) is 63.7 cm³/mol. The number of nitrogens with one attached hydrogen (secondary N) is 1. The Kier molecular flexibility index (Phi) is 6.57. The lowest BCUT2D eigenvalue weighted by atomic mass is 10.2. The summed E-state index contributed by atoms with van der Waals surface area (Å²) in [6, 6.07) is -1.74. The summed E-state index contributed by atoms with van der Waals surface area (Å²) in [6.45, 7) is 7.59. The molecule has 0 saturated heterocycles. The number of aliphatic hydroxyl groups is 1. The number of urea groups is 1. The van der Waals surface area contributed by atoms with Gasteiger partial charge in [0.2, 0.25) is 0 Å². The molecule has 0 fully saturated rings. The van der Waals surface area contributed by atoms with Gasteiger partial charge in [-0.3, -0.25) is 0 Å². The molecule has 0 aliphatic rings. The molecule has 0 unspecified atom stereocenters. The minimum atomic E-state index is -1.25. The summed E-state index contributed by atoms with van der Waals surface area (Å²) in [5.74, 6) is -0.949. The highest BCUT2D eigenvalue weighted by molar-refractivity contribution is 5.82. The molecule has 0 spiro atoms. The fraction of sp³-hybridized carbons (Fsp3) is 0.818. The highest BCUT2D eigenvalue weighted by Gasteiger charge is 2.24. The molecule has 0 aromatic heterocycles. The Labute approximate surface area is 102 Å². The van der Waals surface area contributed by atoms with Crippen LogP contribution in [0.1, 0.15) is 27.7 Å². The second kappa shape index (κ2) is 7.11. The molecule has 3 N–H and O–H groups in total. The van der Waals surface area contributed by atoms with E-state index >= 15 is 0 Å². The molecule has 6 nitrogen and oxygen atoms in total. The van der Waals surface area contributed by atoms with E-state index in [4.69, 9.17) is 10.2 Å². The van der Waals surface area contributed by atoms with Gasteiger partial charge in [0.1, 0.15) is 0 Å². The molecule has 0 aromatic rings. The quantitative estimate of drug-likeness (QED) is 0.637. The Morgan fingerprint density at radius 3 is 2.06 bits per heavy atom. The van der Waals surface area contributed by atoms with E-state index in [1.165, 1.54) is 0 Å². The summed E-state index contributed by atoms with van der Waals surface area (Å²) in [7, 11) is 0. The van der Waals surface area contributed by atoms with Crippen LogP contribution in [-0.2, 0) is 4.79 Å². The summed E-state index contributed by atoms with van der Waals surface area (Å²) in [5, 5.41) is 19.9. The number of aliphatic hydroxyl groups excluding tert-OH is 1. The van der Waals surface area contributed by atoms with Crippen molar-refractivity contribution < 1.29 is 19.8 Å². The zero-order chi connectivity index (χ0) is 13.6. The topological polar surface area (TPSA) is 89.9 Å². The normalized spacial score (nSPS) is 12.6. The minimum absolute atomic E-state index is 0.0227. The molecular formula is C11H22N2O4. The van der Waals surface area contributed by atoms with Gasteiger partial charge in [0.25, 0.3) is 0 Å². The van der Waals surface area contributed by atoms with Crippen molar-refractivity contribution in [2.45, 2.75) is 39.8 Å². The smallest absolute Gasteiger partial charge is 0.328 e. The lowest BCUT2D eigenvalue weighted by Gasteiger charge is -2.29. The van der Waals surface area contributed by atoms with E-state index in [0.29, 0.717) is 12.5 Å². The van der Waals surface area contributed by atoms with Gasteiger partial charge < -0.3 is 20.4 Å². The van der Waals surface area contributed by atoms with Gasteiger partial charge in [0.15, 0.2) is 6.04 Å². The number of hydrogen-bond donors (Lipinski definition) is 3. The molecule has 0 bridgehead atoms. The van der Waals surface area contributed by atoms with Crippen LogP contribution in [0.4, 0.5) is 4.79 Å². The zero-order valence-corrected chi connectivity index (χ0v) is 10.8. The van der Waals surface area contributed by atoms with Gasteiger partial charge in [-0.15, -0.1) is 0 Å². The second-order valence-corrected chi connectivity index (χ2v) is 4.66. The minimum Gasteiger partial charge on any atom is -0.480 e. The number of carbonyl (C=O) groups excluding carboxylic acids is 1. The van der Waals surface area contributed by atoms with E-state index < -0.39 is 24.6 Å². The van der Waals surface area contributed by atoms with Crippen molar-refractivity contribution in [1.82, 2.24) is 10.2 Å². The van der Waals surface area contributed by atoms with Crippen molar-refractivity contribution in [1.29, 1.82) is 0 Å². The molecule has 0 heterocycles. The number of aliphatic carboxylic acids is 1. The van der Waals surface area contributed by atoms with E-state index in [1.54, 1.807) is 4.90 Å². The fourth-order valence-corrected chi connectivity index (χ4v) is 1.34. The number of nitrogens with zero attached hydrogens (tertiary/aromatic N) is 1. The first-order valence-corrected chi connectivity index (χ1v) is 5.70. The lowest BCUT2D eigenvalue weighted by Crippen LogP contribution is -2.52. The van der Waals surface area contributed by atoms with Gasteiger partial charge in [-0.05, 0) is 19.8 Å². The van der Waals surface area contributed by atoms with Crippen molar-refractivity contribution in [3.05, 3.63) is 0 Å². The third-order valence-electron chi connectivity index (χ3n) is 2.22. The summed E-state index contributed by atoms with van der Waals surface area (Å²) in [5.41, 5.74) is 0. The van der Waals surface area contributed by atoms with E-state index in [0.717, 1.165) is 0 Å². The van der Waals surface area contributed by atoms with Crippen LogP contribution in [0.25, 0.3) is 0 Å². The first-order chi connectivity index (χ1) is 7.79. The fourth-order valence-electron chi connectivity index (χ4n) is 1.34. The first kappa shape index (κ1) is 15.7. The van der Waals surface area contributed by atoms with E-state index in [9.17, 15) is 9.59 Å². The average molecular weight is 246 g/mol. The van der Waals surface area contributed by atoms with Crippen LogP contribution in [-0.4, -0.2) is 52.3 Å². The maximum atomic E-state index is 11.8. The van der Waals surface area contributed by atoms with Crippen LogP contribution in [0.3, 0.4) is 0 Å². The Morgan fingerprint density at radius 2 is 1.76 bits per heavy atom. The monoisotopic (exact) mass is 246 g/mol. The number of carboxylic acids is 1. The van der Waals surface area contributed by atoms with Crippen LogP contribution >= 0.6 is 0 Å². The van der Waals surface area contributed by atoms with Crippen LogP contribution in [0.5, 0.6) is 0 Å². The highest BCUT2D eigenvalue weighted by atomic mass is 16.4. The highest BCUT2D eigenvalue weighted by Crippen LogP contribution is 2.05. The molecule has 2 amide bonds. The number of carbonyl (C=O) groups is 2. The summed E-state index contributed by atoms with van der Waals surface area (Å²) < 4.78 is 0. The van der Waals surface area contributed by atoms with Crippen molar-refractivity contribution in [3.63, 3.8) is 0 Å². The molecular weight excluding hydrogens is 224 g/mol. The van der Waals surface area contributed by atoms with E-state index in [1.807, 2.05) is 27.7 Å². The van der Waals surface area contributed by atoms with Gasteiger partial charge in [-0.1, -0.05) is 13.8 Å². The Bertz CT molecular complexity index is 266. The largest absolute Gasteiger partial charge is 0.480 e. The van der Waals surface area contributed by atoms with Crippen molar-refractivity contribution in [2.75, 3.05) is 13.2 Å². The zero-order valence-electron chi connectivity index (χ0n) is 10.8. The standard InChI is InChI=1S/C11H22N2O4/c1-7(2)5-13(8(3)4)11(17)12-9(6-14)10(15)16/h7-9,14H,5-6H2,1-4H3,(H,12,17)(H,15,16)/t9-/m0/s1. The molecule has 1 atom stereocenters. The molecule has 0 rings (SSSR count). The number of amides is 2. The van der Waals surface area contributed by atoms with Crippen LogP contribution < -0.4 is 5.32 Å². The van der Waals surface area contributed by atoms with Crippen molar-refractivity contribution in [2.24, 2.45) is 5.92 Å². The SMILES string of the molecule is CC(C)CN(C(=O)N[C@@H](CO)C(=O)O)C(C)C. The second-order valence-electron chi connectivity index (χ2n) is 4.66. The molecule has 0 radical (unpaired) electrons. The summed E-state index contributed by atoms with van der Waals surface area (Å²) in [4.78, 5) is 24.1. The van der Waals surface area contributed by atoms with E-state index in [2.05, 4.69) is 5.32 Å². The molecule has 6 heteroatoms. The van der Waals surface area contributed by atoms with Gasteiger partial charge in [0.05, 0.1) is 6.61 Å². The lowest BCUT2D eigenvalue weighted by molar-refractivity contribution is -0.140. The van der Waals surface area contributed by atoms with Crippen LogP contribution in [0, 0.1) is 5.92 Å². The third kappa shape index (κ3) is 5.53. The first-order valence-electron chi connectivity index (χ1n) is 5.70. The van der Waals surface area contributed by atoms with E-state index in [-0.39, 0.29) is 6.04 Å². The van der Waals surface area contributed by atoms with Gasteiger partial charge in [0, 0.05) is 12.6 Å². The molecule has 100 valence electrons. The van der Waals surface area contributed by atoms with Crippen LogP contribution in [0.2, 0.25) is 0 Å². The number of hydrogen-bond acceptors (Lipinski definition) is 3. The van der Waals surface area contributed by atoms with Crippen molar-refractivity contribution in [3.8, 4) is 0 Å². The Balaban J connectivity index is 4.56. The maximum absolute atomic E-state index is 11.8. The Hall–Kier alpha value is -1.30. The number of rotatable bonds is 6. The molecule has 17 heavy (non-hydrogen) atoms. The van der Waals surface area contributed by atoms with Crippen LogP contribution in [0.15, 0.2) is 0 Å². The predicted octanol–water partition coefficient (Wildman–Crippen LogP) is 0.508. The van der Waals surface area contributed by atoms with Gasteiger partial charge >= 0.3 is 12.0 Å². The van der Waals surface area contributed by atoms with Gasteiger partial charge in [-0.25, -0.2) is 9.59 Å². The molecule has 0 saturated carbocycles. The molecule has 0 aromatic carbocycles. The maximum Gasteiger partial charge on any atom is 0.328 e. The summed E-state index contributed by atoms with van der Waals surface area (Å²) >= 11 is 0.